The minimum atomic E-state index is -0.361. The number of quaternary nitrogens is 1. The van der Waals surface area contributed by atoms with E-state index in [0.717, 1.165) is 22.3 Å². The maximum absolute atomic E-state index is 11.6. The lowest BCUT2D eigenvalue weighted by Gasteiger charge is -2.12. The Kier molecular flexibility index (Phi) is 3.39. The number of benzene rings is 1. The van der Waals surface area contributed by atoms with Crippen molar-refractivity contribution in [3.8, 4) is 5.75 Å². The molecule has 2 rings (SSSR count). The highest BCUT2D eigenvalue weighted by molar-refractivity contribution is 5.84. The summed E-state index contributed by atoms with van der Waals surface area (Å²) in [7, 11) is 3.97. The Labute approximate surface area is 105 Å². The molecule has 0 aliphatic carbocycles. The quantitative estimate of drug-likeness (QED) is 0.786. The van der Waals surface area contributed by atoms with E-state index in [4.69, 9.17) is 4.42 Å². The zero-order valence-electron chi connectivity index (χ0n) is 10.9. The van der Waals surface area contributed by atoms with Crippen LogP contribution < -0.4 is 10.5 Å². The van der Waals surface area contributed by atoms with Crippen molar-refractivity contribution in [2.24, 2.45) is 0 Å². The van der Waals surface area contributed by atoms with E-state index in [2.05, 4.69) is 0 Å². The van der Waals surface area contributed by atoms with Gasteiger partial charge in [0.2, 0.25) is 0 Å². The molecule has 18 heavy (non-hydrogen) atoms. The van der Waals surface area contributed by atoms with E-state index in [1.807, 2.05) is 21.0 Å². The number of phenols is 1. The molecule has 0 spiro atoms. The fraction of sp³-hybridized carbons (Fsp3) is 0.357. The van der Waals surface area contributed by atoms with Gasteiger partial charge in [0.25, 0.3) is 0 Å². The van der Waals surface area contributed by atoms with Crippen LogP contribution in [0.5, 0.6) is 5.75 Å². The summed E-state index contributed by atoms with van der Waals surface area (Å²) in [5.74, 6) is 0.181. The summed E-state index contributed by atoms with van der Waals surface area (Å²) in [4.78, 5) is 12.7. The molecule has 2 N–H and O–H groups in total. The Morgan fingerprint density at radius 2 is 2.06 bits per heavy atom. The lowest BCUT2D eigenvalue weighted by atomic mass is 10.0. The Hall–Kier alpha value is -1.81. The van der Waals surface area contributed by atoms with Crippen LogP contribution in [0.1, 0.15) is 18.1 Å². The van der Waals surface area contributed by atoms with Crippen molar-refractivity contribution in [2.75, 3.05) is 14.1 Å². The first-order valence-electron chi connectivity index (χ1n) is 6.09. The first-order valence-corrected chi connectivity index (χ1v) is 6.09. The van der Waals surface area contributed by atoms with Gasteiger partial charge in [0.15, 0.2) is 5.58 Å². The van der Waals surface area contributed by atoms with Gasteiger partial charge in [-0.2, -0.15) is 0 Å². The van der Waals surface area contributed by atoms with Gasteiger partial charge in [-0.1, -0.05) is 6.92 Å². The number of aromatic hydroxyl groups is 1. The van der Waals surface area contributed by atoms with Crippen molar-refractivity contribution < 1.29 is 14.4 Å². The van der Waals surface area contributed by atoms with Gasteiger partial charge in [-0.25, -0.2) is 4.79 Å². The van der Waals surface area contributed by atoms with E-state index in [1.165, 1.54) is 6.07 Å². The number of nitrogens with one attached hydrogen (secondary N) is 1. The van der Waals surface area contributed by atoms with Gasteiger partial charge in [0.1, 0.15) is 12.3 Å². The minimum Gasteiger partial charge on any atom is -0.507 e. The zero-order chi connectivity index (χ0) is 13.3. The molecule has 1 aromatic carbocycles. The molecule has 0 aliphatic rings. The van der Waals surface area contributed by atoms with Crippen molar-refractivity contribution in [1.29, 1.82) is 0 Å². The van der Waals surface area contributed by atoms with E-state index in [-0.39, 0.29) is 11.4 Å². The number of hydrogen-bond donors (Lipinski definition) is 2. The van der Waals surface area contributed by atoms with Crippen LogP contribution in [0.2, 0.25) is 0 Å². The van der Waals surface area contributed by atoms with Crippen LogP contribution in [0.4, 0.5) is 0 Å². The van der Waals surface area contributed by atoms with Crippen LogP contribution >= 0.6 is 0 Å². The molecular formula is C14H18NO3+. The van der Waals surface area contributed by atoms with Gasteiger partial charge >= 0.3 is 5.63 Å². The molecule has 1 aromatic heterocycles. The van der Waals surface area contributed by atoms with Crippen molar-refractivity contribution in [2.45, 2.75) is 19.9 Å². The molecule has 2 aromatic rings. The summed E-state index contributed by atoms with van der Waals surface area (Å²) in [5.41, 5.74) is 1.80. The van der Waals surface area contributed by atoms with Crippen LogP contribution in [-0.4, -0.2) is 19.2 Å². The van der Waals surface area contributed by atoms with E-state index in [1.54, 1.807) is 12.1 Å². The van der Waals surface area contributed by atoms with Crippen LogP contribution in [0.25, 0.3) is 11.0 Å². The van der Waals surface area contributed by atoms with Gasteiger partial charge in [0.05, 0.1) is 19.7 Å². The van der Waals surface area contributed by atoms with Crippen molar-refractivity contribution in [3.05, 3.63) is 39.7 Å². The fourth-order valence-electron chi connectivity index (χ4n) is 2.15. The van der Waals surface area contributed by atoms with Crippen molar-refractivity contribution in [1.82, 2.24) is 0 Å². The van der Waals surface area contributed by atoms with Crippen molar-refractivity contribution >= 4 is 11.0 Å². The Balaban J connectivity index is 2.79. The first kappa shape index (κ1) is 12.6. The summed E-state index contributed by atoms with van der Waals surface area (Å²) in [6.45, 7) is 2.61. The molecule has 0 amide bonds. The third kappa shape index (κ3) is 2.24. The first-order chi connectivity index (χ1) is 8.52. The molecule has 4 heteroatoms. The lowest BCUT2D eigenvalue weighted by Crippen LogP contribution is -3.04. The van der Waals surface area contributed by atoms with Crippen LogP contribution in [0, 0.1) is 0 Å². The molecule has 0 radical (unpaired) electrons. The van der Waals surface area contributed by atoms with E-state index in [0.29, 0.717) is 17.7 Å². The second-order valence-electron chi connectivity index (χ2n) is 4.77. The predicted octanol–water partition coefficient (Wildman–Crippen LogP) is 0.705. The molecule has 0 aliphatic heterocycles. The maximum Gasteiger partial charge on any atom is 0.336 e. The summed E-state index contributed by atoms with van der Waals surface area (Å²) in [6, 6.07) is 4.99. The van der Waals surface area contributed by atoms with Gasteiger partial charge < -0.3 is 14.4 Å². The highest BCUT2D eigenvalue weighted by Crippen LogP contribution is 2.27. The van der Waals surface area contributed by atoms with Crippen LogP contribution in [-0.2, 0) is 13.0 Å². The second kappa shape index (κ2) is 4.82. The largest absolute Gasteiger partial charge is 0.507 e. The Morgan fingerprint density at radius 1 is 1.33 bits per heavy atom. The number of aryl methyl sites for hydroxylation is 1. The SMILES string of the molecule is CCc1cc(=O)oc2c(C[NH+](C)C)c(O)ccc12. The smallest absolute Gasteiger partial charge is 0.336 e. The molecule has 0 fully saturated rings. The van der Waals surface area contributed by atoms with Crippen LogP contribution in [0.3, 0.4) is 0 Å². The summed E-state index contributed by atoms with van der Waals surface area (Å²) in [5, 5.41) is 10.8. The molecule has 4 nitrogen and oxygen atoms in total. The predicted molar refractivity (Wildman–Crippen MR) is 70.0 cm³/mol. The number of hydrogen-bond acceptors (Lipinski definition) is 3. The van der Waals surface area contributed by atoms with E-state index in [9.17, 15) is 9.90 Å². The average molecular weight is 248 g/mol. The van der Waals surface area contributed by atoms with Crippen LogP contribution in [0.15, 0.2) is 27.4 Å². The third-order valence-corrected chi connectivity index (χ3v) is 2.99. The third-order valence-electron chi connectivity index (χ3n) is 2.99. The molecule has 0 saturated carbocycles. The summed E-state index contributed by atoms with van der Waals surface area (Å²) in [6.07, 6.45) is 0.765. The lowest BCUT2D eigenvalue weighted by molar-refractivity contribution is -0.872. The molecule has 1 heterocycles. The maximum atomic E-state index is 11.6. The molecule has 96 valence electrons. The number of phenolic OH excluding ortho intramolecular Hbond substituents is 1. The highest BCUT2D eigenvalue weighted by atomic mass is 16.4. The number of rotatable bonds is 3. The molecular weight excluding hydrogens is 230 g/mol. The normalized spacial score (nSPS) is 11.3. The van der Waals surface area contributed by atoms with Gasteiger partial charge in [-0.3, -0.25) is 0 Å². The number of fused-ring (bicyclic) bond motifs is 1. The molecule has 0 atom stereocenters. The van der Waals surface area contributed by atoms with E-state index >= 15 is 0 Å². The Morgan fingerprint density at radius 3 is 2.67 bits per heavy atom. The van der Waals surface area contributed by atoms with Crippen molar-refractivity contribution in [3.63, 3.8) is 0 Å². The topological polar surface area (TPSA) is 54.9 Å². The van der Waals surface area contributed by atoms with Gasteiger partial charge in [0, 0.05) is 11.5 Å². The molecule has 0 saturated heterocycles. The molecule has 0 bridgehead atoms. The summed E-state index contributed by atoms with van der Waals surface area (Å²) >= 11 is 0. The van der Waals surface area contributed by atoms with E-state index < -0.39 is 0 Å². The summed E-state index contributed by atoms with van der Waals surface area (Å²) < 4.78 is 5.29. The van der Waals surface area contributed by atoms with Gasteiger partial charge in [-0.05, 0) is 24.1 Å². The monoisotopic (exact) mass is 248 g/mol. The fourth-order valence-corrected chi connectivity index (χ4v) is 2.15. The second-order valence-corrected chi connectivity index (χ2v) is 4.77. The minimum absolute atomic E-state index is 0.181. The molecule has 0 unspecified atom stereocenters. The Bertz CT molecular complexity index is 629. The average Bonchev–Trinajstić information content (AvgIpc) is 2.31. The standard InChI is InChI=1S/C14H17NO3/c1-4-9-7-13(17)18-14-10(9)5-6-12(16)11(14)8-15(2)3/h5-7,16H,4,8H2,1-3H3/p+1. The zero-order valence-corrected chi connectivity index (χ0v) is 10.9. The van der Waals surface area contributed by atoms with Gasteiger partial charge in [-0.15, -0.1) is 0 Å². The highest BCUT2D eigenvalue weighted by Gasteiger charge is 2.15.